The quantitative estimate of drug-likeness (QED) is 0.396. The van der Waals surface area contributed by atoms with Crippen molar-refractivity contribution in [2.24, 2.45) is 0 Å². The Kier molecular flexibility index (Phi) is 6.08. The fourth-order valence-electron chi connectivity index (χ4n) is 0.357. The molecule has 0 spiro atoms. The third-order valence-corrected chi connectivity index (χ3v) is 3.54. The minimum atomic E-state index is -4.23. The zero-order chi connectivity index (χ0) is 7.71. The summed E-state index contributed by atoms with van der Waals surface area (Å²) in [5, 5.41) is 0. The monoisotopic (exact) mass is 194 g/mol. The molecule has 0 bridgehead atoms. The van der Waals surface area contributed by atoms with Gasteiger partial charge in [-0.25, -0.2) is 4.57 Å². The first-order valence-electron chi connectivity index (χ1n) is 2.47. The zero-order valence-corrected chi connectivity index (χ0v) is 10.6. The van der Waals surface area contributed by atoms with Crippen molar-refractivity contribution < 1.29 is 49.5 Å². The maximum absolute atomic E-state index is 10.2. The van der Waals surface area contributed by atoms with Gasteiger partial charge in [0.15, 0.2) is 8.32 Å². The van der Waals surface area contributed by atoms with E-state index in [0.29, 0.717) is 0 Å². The van der Waals surface area contributed by atoms with Crippen molar-refractivity contribution in [2.75, 3.05) is 0 Å². The molecule has 10 heavy (non-hydrogen) atoms. The van der Waals surface area contributed by atoms with Gasteiger partial charge in [-0.2, -0.15) is 0 Å². The van der Waals surface area contributed by atoms with Gasteiger partial charge in [-0.1, -0.05) is 0 Å². The van der Waals surface area contributed by atoms with Gasteiger partial charge in [0.05, 0.1) is 0 Å². The summed E-state index contributed by atoms with van der Waals surface area (Å²) in [6.07, 6.45) is 0. The minimum Gasteiger partial charge on any atom is -1.00 e. The van der Waals surface area contributed by atoms with Crippen LogP contribution >= 0.6 is 7.82 Å². The summed E-state index contributed by atoms with van der Waals surface area (Å²) < 4.78 is 14.6. The average Bonchev–Trinajstić information content (AvgIpc) is 1.14. The van der Waals surface area contributed by atoms with Gasteiger partial charge in [0.2, 0.25) is 0 Å². The van der Waals surface area contributed by atoms with E-state index in [2.05, 4.69) is 4.21 Å². The first-order valence-corrected chi connectivity index (χ1v) is 7.41. The molecular formula is C3H12NaO4PSi. The zero-order valence-electron chi connectivity index (χ0n) is 7.66. The molecule has 7 heteroatoms. The van der Waals surface area contributed by atoms with E-state index >= 15 is 0 Å². The minimum absolute atomic E-state index is 0. The standard InChI is InChI=1S/C3H11O4PSi.Na.H/c1-9(2,3)7-8(4,5)6;;/h1-3H3,(H2,4,5,6);;/q;+1;-1. The van der Waals surface area contributed by atoms with E-state index in [1.807, 2.05) is 0 Å². The maximum Gasteiger partial charge on any atom is 1.00 e. The Bertz CT molecular complexity index is 143. The van der Waals surface area contributed by atoms with E-state index in [1.54, 1.807) is 19.6 Å². The molecule has 0 fully saturated rings. The number of hydrogen-bond acceptors (Lipinski definition) is 2. The molecule has 0 atom stereocenters. The van der Waals surface area contributed by atoms with Crippen LogP contribution in [0.3, 0.4) is 0 Å². The van der Waals surface area contributed by atoms with E-state index in [9.17, 15) is 4.57 Å². The molecule has 0 aliphatic heterocycles. The van der Waals surface area contributed by atoms with E-state index in [1.165, 1.54) is 0 Å². The average molecular weight is 194 g/mol. The predicted molar refractivity (Wildman–Crippen MR) is 37.6 cm³/mol. The third-order valence-electron chi connectivity index (χ3n) is 0.393. The molecule has 0 aliphatic carbocycles. The number of rotatable bonds is 2. The predicted octanol–water partition coefficient (Wildman–Crippen LogP) is -1.95. The first-order chi connectivity index (χ1) is 3.71. The van der Waals surface area contributed by atoms with Gasteiger partial charge in [0.25, 0.3) is 0 Å². The molecule has 0 aliphatic rings. The van der Waals surface area contributed by atoms with Gasteiger partial charge in [-0.15, -0.1) is 0 Å². The van der Waals surface area contributed by atoms with Crippen LogP contribution in [0.5, 0.6) is 0 Å². The summed E-state index contributed by atoms with van der Waals surface area (Å²) >= 11 is 0. The molecule has 0 saturated heterocycles. The van der Waals surface area contributed by atoms with Crippen LogP contribution < -0.4 is 29.6 Å². The maximum atomic E-state index is 10.2. The van der Waals surface area contributed by atoms with Crippen LogP contribution in [0.15, 0.2) is 0 Å². The van der Waals surface area contributed by atoms with Crippen LogP contribution in [0.4, 0.5) is 0 Å². The van der Waals surface area contributed by atoms with Gasteiger partial charge in [0, 0.05) is 0 Å². The summed E-state index contributed by atoms with van der Waals surface area (Å²) in [6, 6.07) is 0. The summed E-state index contributed by atoms with van der Waals surface area (Å²) in [5.41, 5.74) is 0. The van der Waals surface area contributed by atoms with Crippen LogP contribution in [0.2, 0.25) is 19.6 Å². The Hall–Kier alpha value is 1.33. The SMILES string of the molecule is C[Si](C)(C)OP(=O)(O)O.[H-].[Na+]. The second-order valence-electron chi connectivity index (χ2n) is 2.69. The second-order valence-corrected chi connectivity index (χ2v) is 8.63. The van der Waals surface area contributed by atoms with Gasteiger partial charge in [0.1, 0.15) is 0 Å². The summed E-state index contributed by atoms with van der Waals surface area (Å²) in [7, 11) is -6.28. The Labute approximate surface area is 85.1 Å². The molecule has 2 N–H and O–H groups in total. The van der Waals surface area contributed by atoms with E-state index in [0.717, 1.165) is 0 Å². The number of hydrogen-bond donors (Lipinski definition) is 2. The van der Waals surface area contributed by atoms with Crippen molar-refractivity contribution in [3.8, 4) is 0 Å². The van der Waals surface area contributed by atoms with Gasteiger partial charge in [-0.3, -0.25) is 0 Å². The van der Waals surface area contributed by atoms with Gasteiger partial charge in [-0.05, 0) is 19.6 Å². The largest absolute Gasteiger partial charge is 1.00 e. The molecule has 4 nitrogen and oxygen atoms in total. The summed E-state index contributed by atoms with van der Waals surface area (Å²) in [5.74, 6) is 0. The van der Waals surface area contributed by atoms with E-state index < -0.39 is 16.1 Å². The Balaban J connectivity index is -0.000000320. The Morgan fingerprint density at radius 3 is 1.70 bits per heavy atom. The summed E-state index contributed by atoms with van der Waals surface area (Å²) in [4.78, 5) is 16.6. The fourth-order valence-corrected chi connectivity index (χ4v) is 3.21. The number of phosphoric acid groups is 1. The fraction of sp³-hybridized carbons (Fsp3) is 1.00. The van der Waals surface area contributed by atoms with Crippen LogP contribution in [-0.4, -0.2) is 18.1 Å². The molecular weight excluding hydrogens is 182 g/mol. The smallest absolute Gasteiger partial charge is 1.00 e. The molecule has 0 aromatic rings. The molecule has 0 saturated carbocycles. The Morgan fingerprint density at radius 1 is 1.40 bits per heavy atom. The molecule has 0 radical (unpaired) electrons. The van der Waals surface area contributed by atoms with Gasteiger partial charge < -0.3 is 15.4 Å². The van der Waals surface area contributed by atoms with Crippen molar-refractivity contribution in [1.82, 2.24) is 0 Å². The third kappa shape index (κ3) is 12.0. The van der Waals surface area contributed by atoms with Crippen LogP contribution in [0.1, 0.15) is 1.43 Å². The molecule has 0 rings (SSSR count). The topological polar surface area (TPSA) is 66.8 Å². The molecule has 58 valence electrons. The van der Waals surface area contributed by atoms with Crippen LogP contribution in [0.25, 0.3) is 0 Å². The first kappa shape index (κ1) is 13.9. The Morgan fingerprint density at radius 2 is 1.70 bits per heavy atom. The second kappa shape index (κ2) is 4.38. The van der Waals surface area contributed by atoms with E-state index in [-0.39, 0.29) is 31.0 Å². The molecule has 0 amide bonds. The summed E-state index contributed by atoms with van der Waals surface area (Å²) in [6.45, 7) is 5.14. The van der Waals surface area contributed by atoms with Gasteiger partial charge >= 0.3 is 37.4 Å². The van der Waals surface area contributed by atoms with Crippen molar-refractivity contribution in [1.29, 1.82) is 0 Å². The van der Waals surface area contributed by atoms with E-state index in [4.69, 9.17) is 9.79 Å². The normalized spacial score (nSPS) is 12.5. The van der Waals surface area contributed by atoms with Crippen molar-refractivity contribution >= 4 is 16.1 Å². The van der Waals surface area contributed by atoms with Crippen molar-refractivity contribution in [2.45, 2.75) is 19.6 Å². The van der Waals surface area contributed by atoms with Crippen molar-refractivity contribution in [3.05, 3.63) is 0 Å². The van der Waals surface area contributed by atoms with Crippen molar-refractivity contribution in [3.63, 3.8) is 0 Å². The van der Waals surface area contributed by atoms with Crippen LogP contribution in [0, 0.1) is 0 Å². The molecule has 0 heterocycles. The molecule has 0 aromatic heterocycles. The molecule has 0 aromatic carbocycles. The molecule has 0 unspecified atom stereocenters. The van der Waals surface area contributed by atoms with Crippen LogP contribution in [-0.2, 0) is 8.78 Å².